The maximum absolute atomic E-state index is 14.6. The highest BCUT2D eigenvalue weighted by molar-refractivity contribution is 6.03. The molecule has 4 amide bonds. The van der Waals surface area contributed by atoms with Crippen molar-refractivity contribution in [3.05, 3.63) is 84.4 Å². The first kappa shape index (κ1) is 46.1. The van der Waals surface area contributed by atoms with Gasteiger partial charge in [-0.25, -0.2) is 4.98 Å². The minimum Gasteiger partial charge on any atom is -0.484 e. The maximum Gasteiger partial charge on any atom is 0.267 e. The number of amides is 4. The van der Waals surface area contributed by atoms with Gasteiger partial charge in [0.1, 0.15) is 11.8 Å². The highest BCUT2D eigenvalue weighted by Crippen LogP contribution is 2.22. The number of aliphatic hydroxyl groups is 1. The van der Waals surface area contributed by atoms with Crippen LogP contribution in [0.5, 0.6) is 5.75 Å². The molecule has 1 aliphatic rings. The Morgan fingerprint density at radius 2 is 1.69 bits per heavy atom. The van der Waals surface area contributed by atoms with Gasteiger partial charge in [0.25, 0.3) is 5.91 Å². The van der Waals surface area contributed by atoms with Crippen LogP contribution in [0.2, 0.25) is 0 Å². The molecule has 2 aromatic carbocycles. The molecule has 0 aliphatic carbocycles. The van der Waals surface area contributed by atoms with Gasteiger partial charge >= 0.3 is 0 Å². The van der Waals surface area contributed by atoms with Gasteiger partial charge in [-0.15, -0.1) is 0 Å². The Kier molecular flexibility index (Phi) is 19.3. The fraction of sp³-hybridized carbons (Fsp3) is 0.568. The second-order valence-electron chi connectivity index (χ2n) is 16.0. The zero-order valence-electron chi connectivity index (χ0n) is 34.5. The van der Waals surface area contributed by atoms with Gasteiger partial charge in [0.05, 0.1) is 24.5 Å². The number of nitrogens with two attached hydrogens (primary N) is 1. The number of carbonyl (C=O) groups excluding carboxylic acids is 4. The highest BCUT2D eigenvalue weighted by Gasteiger charge is 2.39. The smallest absolute Gasteiger partial charge is 0.267 e. The number of nitrogens with zero attached hydrogens (tertiary/aromatic N) is 2. The predicted octanol–water partition coefficient (Wildman–Crippen LogP) is 4.32. The monoisotopic (exact) mass is 804 g/mol. The number of benzene rings is 2. The lowest BCUT2D eigenvalue weighted by Crippen LogP contribution is -2.60. The van der Waals surface area contributed by atoms with E-state index < -0.39 is 54.5 Å². The van der Waals surface area contributed by atoms with Crippen molar-refractivity contribution in [3.63, 3.8) is 0 Å². The number of nitrogens with one attached hydrogen (secondary N) is 3. The van der Waals surface area contributed by atoms with E-state index in [9.17, 15) is 24.3 Å². The van der Waals surface area contributed by atoms with Crippen LogP contribution in [0.1, 0.15) is 83.9 Å². The van der Waals surface area contributed by atoms with Crippen LogP contribution in [0.3, 0.4) is 0 Å². The summed E-state index contributed by atoms with van der Waals surface area (Å²) in [5.74, 6) is -2.27. The Morgan fingerprint density at radius 3 is 2.33 bits per heavy atom. The molecule has 0 spiro atoms. The molecule has 1 fully saturated rings. The van der Waals surface area contributed by atoms with Crippen molar-refractivity contribution < 1.29 is 38.5 Å². The number of aromatic nitrogens is 2. The van der Waals surface area contributed by atoms with E-state index in [2.05, 4.69) is 20.6 Å². The Balaban J connectivity index is 1.58. The Bertz CT molecular complexity index is 1650. The number of ether oxygens (including phenoxy) is 3. The van der Waals surface area contributed by atoms with E-state index in [0.717, 1.165) is 29.7 Å². The van der Waals surface area contributed by atoms with Crippen LogP contribution in [0.15, 0.2) is 73.2 Å². The fourth-order valence-corrected chi connectivity index (χ4v) is 6.97. The number of imide groups is 1. The zero-order chi connectivity index (χ0) is 41.9. The van der Waals surface area contributed by atoms with Gasteiger partial charge in [0.2, 0.25) is 17.7 Å². The summed E-state index contributed by atoms with van der Waals surface area (Å²) in [5, 5.41) is 17.9. The molecular weight excluding hydrogens is 741 g/mol. The van der Waals surface area contributed by atoms with Crippen molar-refractivity contribution in [3.8, 4) is 5.75 Å². The molecule has 4 rings (SSSR count). The molecule has 6 N–H and O–H groups in total. The normalized spacial score (nSPS) is 16.9. The Hall–Kier alpha value is -4.63. The third-order valence-electron chi connectivity index (χ3n) is 10.0. The number of rotatable bonds is 24. The van der Waals surface area contributed by atoms with E-state index in [0.29, 0.717) is 50.5 Å². The first-order valence-corrected chi connectivity index (χ1v) is 20.7. The summed E-state index contributed by atoms with van der Waals surface area (Å²) in [6, 6.07) is 14.5. The van der Waals surface area contributed by atoms with Crippen molar-refractivity contribution in [2.24, 2.45) is 23.5 Å². The average Bonchev–Trinajstić information content (AvgIpc) is 3.74. The van der Waals surface area contributed by atoms with Crippen LogP contribution in [-0.2, 0) is 41.5 Å². The average molecular weight is 805 g/mol. The van der Waals surface area contributed by atoms with Gasteiger partial charge in [0.15, 0.2) is 12.9 Å². The number of aromatic amines is 1. The van der Waals surface area contributed by atoms with Crippen LogP contribution in [-0.4, -0.2) is 100 Å². The molecule has 0 bridgehead atoms. The minimum absolute atomic E-state index is 0.0288. The van der Waals surface area contributed by atoms with E-state index in [1.165, 1.54) is 12.5 Å². The Labute approximate surface area is 343 Å². The molecule has 318 valence electrons. The van der Waals surface area contributed by atoms with Crippen LogP contribution in [0.25, 0.3) is 0 Å². The maximum atomic E-state index is 14.6. The molecule has 58 heavy (non-hydrogen) atoms. The van der Waals surface area contributed by atoms with Crippen LogP contribution in [0.4, 0.5) is 0 Å². The van der Waals surface area contributed by atoms with E-state index in [-0.39, 0.29) is 43.3 Å². The summed E-state index contributed by atoms with van der Waals surface area (Å²) in [6.07, 6.45) is 5.95. The van der Waals surface area contributed by atoms with E-state index in [1.54, 1.807) is 24.3 Å². The highest BCUT2D eigenvalue weighted by atomic mass is 16.7. The number of hydrogen-bond acceptors (Lipinski definition) is 10. The SMILES string of the molecule is CC(C)CNC(=O)C(CCCOC1CCCCO1)C[C@H](O)[C@H](CC(C)C)NC(=O)[C@H](Cc1cnc[nH]1)N(C(=O)COc1ccccc1)C(=O)[C@@H](N)Cc1ccccc1. The Morgan fingerprint density at radius 1 is 0.966 bits per heavy atom. The fourth-order valence-electron chi connectivity index (χ4n) is 6.97. The molecule has 14 heteroatoms. The quantitative estimate of drug-likeness (QED) is 0.0814. The molecular formula is C44H64N6O8. The van der Waals surface area contributed by atoms with Gasteiger partial charge < -0.3 is 40.7 Å². The van der Waals surface area contributed by atoms with Gasteiger partial charge in [-0.2, -0.15) is 0 Å². The summed E-state index contributed by atoms with van der Waals surface area (Å²) in [5.41, 5.74) is 7.79. The van der Waals surface area contributed by atoms with Gasteiger partial charge in [-0.3, -0.25) is 24.1 Å². The third-order valence-corrected chi connectivity index (χ3v) is 10.0. The summed E-state index contributed by atoms with van der Waals surface area (Å²) in [6.45, 7) is 8.98. The standard InChI is InChI=1S/C44H64N6O8/c1-30(2)22-37(39(51)24-33(42(53)47-26-31(3)4)16-13-21-57-41-19-11-12-20-56-41)49-43(54)38(25-34-27-46-29-48-34)50(40(52)28-58-35-17-9-6-10-18-35)44(55)36(45)23-32-14-7-5-8-15-32/h5-10,14-15,17-18,27,29-31,33,36-39,41,51H,11-13,16,19-26,28,45H2,1-4H3,(H,46,48)(H,47,53)(H,49,54)/t33?,36-,37-,38-,39-,41?/m0/s1. The van der Waals surface area contributed by atoms with Crippen molar-refractivity contribution in [2.45, 2.75) is 116 Å². The molecule has 2 heterocycles. The molecule has 1 aromatic heterocycles. The second kappa shape index (κ2) is 24.3. The summed E-state index contributed by atoms with van der Waals surface area (Å²) < 4.78 is 17.4. The molecule has 0 saturated carbocycles. The number of H-pyrrole nitrogens is 1. The number of imidazole rings is 1. The van der Waals surface area contributed by atoms with Gasteiger partial charge in [-0.1, -0.05) is 76.2 Å². The summed E-state index contributed by atoms with van der Waals surface area (Å²) in [7, 11) is 0. The summed E-state index contributed by atoms with van der Waals surface area (Å²) >= 11 is 0. The lowest BCUT2D eigenvalue weighted by Gasteiger charge is -2.34. The van der Waals surface area contributed by atoms with Crippen molar-refractivity contribution in [1.29, 1.82) is 0 Å². The van der Waals surface area contributed by atoms with E-state index >= 15 is 0 Å². The van der Waals surface area contributed by atoms with Gasteiger partial charge in [0, 0.05) is 44.0 Å². The van der Waals surface area contributed by atoms with E-state index in [1.807, 2.05) is 64.1 Å². The minimum atomic E-state index is -1.40. The van der Waals surface area contributed by atoms with Crippen LogP contribution >= 0.6 is 0 Å². The second-order valence-corrected chi connectivity index (χ2v) is 16.0. The molecule has 3 aromatic rings. The zero-order valence-corrected chi connectivity index (χ0v) is 34.5. The van der Waals surface area contributed by atoms with Crippen molar-refractivity contribution in [2.75, 3.05) is 26.4 Å². The predicted molar refractivity (Wildman–Crippen MR) is 220 cm³/mol. The third kappa shape index (κ3) is 15.6. The topological polar surface area (TPSA) is 198 Å². The number of aliphatic hydroxyl groups excluding tert-OH is 1. The van der Waals surface area contributed by atoms with Crippen molar-refractivity contribution >= 4 is 23.6 Å². The first-order valence-electron chi connectivity index (χ1n) is 20.7. The molecule has 1 saturated heterocycles. The van der Waals surface area contributed by atoms with E-state index in [4.69, 9.17) is 19.9 Å². The molecule has 14 nitrogen and oxygen atoms in total. The molecule has 2 unspecified atom stereocenters. The molecule has 1 aliphatic heterocycles. The lowest BCUT2D eigenvalue weighted by molar-refractivity contribution is -0.163. The number of para-hydroxylation sites is 1. The van der Waals surface area contributed by atoms with Crippen LogP contribution < -0.4 is 21.1 Å². The summed E-state index contributed by atoms with van der Waals surface area (Å²) in [4.78, 5) is 64.6. The number of hydrogen-bond donors (Lipinski definition) is 5. The van der Waals surface area contributed by atoms with Crippen molar-refractivity contribution in [1.82, 2.24) is 25.5 Å². The van der Waals surface area contributed by atoms with Gasteiger partial charge in [-0.05, 0) is 80.9 Å². The first-order chi connectivity index (χ1) is 27.9. The van der Waals surface area contributed by atoms with Crippen LogP contribution in [0, 0.1) is 17.8 Å². The number of carbonyl (C=O) groups is 4. The molecule has 6 atom stereocenters. The molecule has 0 radical (unpaired) electrons. The lowest BCUT2D eigenvalue weighted by atomic mass is 9.89. The largest absolute Gasteiger partial charge is 0.484 e.